The second-order valence-electron chi connectivity index (χ2n) is 5.10. The number of carbonyl (C=O) groups is 2. The van der Waals surface area contributed by atoms with Crippen molar-refractivity contribution in [3.8, 4) is 0 Å². The number of alkyl halides is 1. The second kappa shape index (κ2) is 6.10. The zero-order valence-electron chi connectivity index (χ0n) is 10.9. The second-order valence-corrected chi connectivity index (χ2v) is 5.34. The summed E-state index contributed by atoms with van der Waals surface area (Å²) in [5.41, 5.74) is -0.679. The van der Waals surface area contributed by atoms with E-state index in [0.29, 0.717) is 0 Å². The smallest absolute Gasteiger partial charge is 0.412 e. The number of nitrogens with zero attached hydrogens (tertiary/aromatic N) is 1. The lowest BCUT2D eigenvalue weighted by atomic mass is 10.0. The fourth-order valence-corrected chi connectivity index (χ4v) is 1.58. The topological polar surface area (TPSA) is 66.8 Å². The highest BCUT2D eigenvalue weighted by molar-refractivity contribution is 6.18. The summed E-state index contributed by atoms with van der Waals surface area (Å²) in [5, 5.41) is 9.08. The van der Waals surface area contributed by atoms with Crippen molar-refractivity contribution in [2.45, 2.75) is 46.3 Å². The molecule has 0 bridgehead atoms. The van der Waals surface area contributed by atoms with Crippen LogP contribution in [0, 0.1) is 5.92 Å². The summed E-state index contributed by atoms with van der Waals surface area (Å²) in [6, 6.07) is -1.20. The van der Waals surface area contributed by atoms with Crippen molar-refractivity contribution in [2.24, 2.45) is 5.92 Å². The summed E-state index contributed by atoms with van der Waals surface area (Å²) >= 11 is 5.64. The molecular formula is C11H20ClNO4. The first-order valence-electron chi connectivity index (χ1n) is 5.38. The van der Waals surface area contributed by atoms with Gasteiger partial charge in [-0.15, -0.1) is 11.6 Å². The lowest BCUT2D eigenvalue weighted by Crippen LogP contribution is -2.49. The molecule has 0 rings (SSSR count). The van der Waals surface area contributed by atoms with Gasteiger partial charge in [-0.25, -0.2) is 9.59 Å². The van der Waals surface area contributed by atoms with Crippen LogP contribution in [0.1, 0.15) is 34.6 Å². The van der Waals surface area contributed by atoms with Gasteiger partial charge in [0.15, 0.2) is 0 Å². The summed E-state index contributed by atoms with van der Waals surface area (Å²) in [4.78, 5) is 23.9. The van der Waals surface area contributed by atoms with Crippen molar-refractivity contribution in [1.29, 1.82) is 0 Å². The Morgan fingerprint density at radius 1 is 1.35 bits per heavy atom. The summed E-state index contributed by atoms with van der Waals surface area (Å²) in [6.45, 7) is 8.55. The average molecular weight is 266 g/mol. The van der Waals surface area contributed by atoms with Crippen LogP contribution in [-0.2, 0) is 9.53 Å². The van der Waals surface area contributed by atoms with E-state index in [-0.39, 0.29) is 11.9 Å². The number of halogens is 1. The van der Waals surface area contributed by atoms with Gasteiger partial charge in [0.05, 0.1) is 6.00 Å². The third-order valence-corrected chi connectivity index (χ3v) is 2.23. The normalized spacial score (nSPS) is 13.4. The molecule has 1 amide bonds. The number of carboxylic acids is 1. The van der Waals surface area contributed by atoms with E-state index in [0.717, 1.165) is 4.90 Å². The molecule has 0 aliphatic heterocycles. The quantitative estimate of drug-likeness (QED) is 0.627. The molecule has 0 aliphatic carbocycles. The number of aliphatic carboxylic acids is 1. The minimum Gasteiger partial charge on any atom is -0.480 e. The fourth-order valence-electron chi connectivity index (χ4n) is 1.34. The molecule has 0 aromatic rings. The van der Waals surface area contributed by atoms with Crippen LogP contribution in [0.5, 0.6) is 0 Å². The Kier molecular flexibility index (Phi) is 5.75. The van der Waals surface area contributed by atoms with Crippen molar-refractivity contribution in [2.75, 3.05) is 6.00 Å². The van der Waals surface area contributed by atoms with E-state index in [1.54, 1.807) is 34.6 Å². The van der Waals surface area contributed by atoms with E-state index < -0.39 is 23.7 Å². The van der Waals surface area contributed by atoms with Crippen molar-refractivity contribution >= 4 is 23.7 Å². The van der Waals surface area contributed by atoms with Crippen molar-refractivity contribution < 1.29 is 19.4 Å². The van der Waals surface area contributed by atoms with Gasteiger partial charge in [-0.1, -0.05) is 13.8 Å². The molecule has 6 heteroatoms. The van der Waals surface area contributed by atoms with Crippen LogP contribution in [0.2, 0.25) is 0 Å². The van der Waals surface area contributed by atoms with Gasteiger partial charge in [-0.05, 0) is 26.7 Å². The molecule has 0 radical (unpaired) electrons. The summed E-state index contributed by atoms with van der Waals surface area (Å²) in [5.74, 6) is -1.34. The van der Waals surface area contributed by atoms with Crippen LogP contribution >= 0.6 is 11.6 Å². The molecule has 0 fully saturated rings. The maximum atomic E-state index is 11.8. The molecule has 1 atom stereocenters. The Morgan fingerprint density at radius 2 is 1.82 bits per heavy atom. The van der Waals surface area contributed by atoms with Gasteiger partial charge in [0.2, 0.25) is 0 Å². The molecule has 100 valence electrons. The predicted octanol–water partition coefficient (Wildman–Crippen LogP) is 2.53. The summed E-state index contributed by atoms with van der Waals surface area (Å²) < 4.78 is 5.11. The van der Waals surface area contributed by atoms with Crippen molar-refractivity contribution in [3.05, 3.63) is 0 Å². The molecule has 0 aliphatic rings. The van der Waals surface area contributed by atoms with E-state index in [1.807, 2.05) is 0 Å². The first-order chi connectivity index (χ1) is 7.60. The average Bonchev–Trinajstić information content (AvgIpc) is 2.08. The highest BCUT2D eigenvalue weighted by atomic mass is 35.5. The third-order valence-electron chi connectivity index (χ3n) is 1.98. The van der Waals surface area contributed by atoms with Crippen LogP contribution in [0.3, 0.4) is 0 Å². The Hall–Kier alpha value is -0.970. The maximum absolute atomic E-state index is 11.8. The molecule has 0 aromatic carbocycles. The molecule has 0 aromatic heterocycles. The minimum atomic E-state index is -1.09. The molecule has 0 spiro atoms. The van der Waals surface area contributed by atoms with E-state index in [1.165, 1.54) is 0 Å². The lowest BCUT2D eigenvalue weighted by Gasteiger charge is -2.31. The van der Waals surface area contributed by atoms with Crippen LogP contribution in [0.25, 0.3) is 0 Å². The largest absolute Gasteiger partial charge is 0.480 e. The third kappa shape index (κ3) is 5.26. The number of carbonyl (C=O) groups excluding carboxylic acids is 1. The van der Waals surface area contributed by atoms with Gasteiger partial charge in [0.25, 0.3) is 0 Å². The van der Waals surface area contributed by atoms with Gasteiger partial charge >= 0.3 is 12.1 Å². The highest BCUT2D eigenvalue weighted by Crippen LogP contribution is 2.17. The minimum absolute atomic E-state index is 0.218. The van der Waals surface area contributed by atoms with E-state index in [9.17, 15) is 9.59 Å². The van der Waals surface area contributed by atoms with Crippen LogP contribution in [-0.4, -0.2) is 39.7 Å². The molecule has 0 unspecified atom stereocenters. The van der Waals surface area contributed by atoms with Gasteiger partial charge in [0.1, 0.15) is 11.6 Å². The standard InChI is InChI=1S/C11H20ClNO4/c1-7(2)8(9(14)15)13(6-12)10(16)17-11(3,4)5/h7-8H,6H2,1-5H3,(H,14,15)/t8-/m0/s1. The number of rotatable bonds is 4. The maximum Gasteiger partial charge on any atom is 0.412 e. The lowest BCUT2D eigenvalue weighted by molar-refractivity contribution is -0.144. The molecule has 5 nitrogen and oxygen atoms in total. The number of hydrogen-bond acceptors (Lipinski definition) is 3. The molecular weight excluding hydrogens is 246 g/mol. The molecule has 0 heterocycles. The Balaban J connectivity index is 4.92. The van der Waals surface area contributed by atoms with Gasteiger partial charge in [0, 0.05) is 0 Å². The van der Waals surface area contributed by atoms with Crippen LogP contribution in [0.15, 0.2) is 0 Å². The van der Waals surface area contributed by atoms with E-state index in [2.05, 4.69) is 0 Å². The zero-order chi connectivity index (χ0) is 13.8. The summed E-state index contributed by atoms with van der Waals surface area (Å²) in [6.07, 6.45) is -0.714. The van der Waals surface area contributed by atoms with Crippen molar-refractivity contribution in [3.63, 3.8) is 0 Å². The van der Waals surface area contributed by atoms with Crippen LogP contribution in [0.4, 0.5) is 4.79 Å². The Labute approximate surface area is 107 Å². The molecule has 0 saturated carbocycles. The first-order valence-corrected chi connectivity index (χ1v) is 5.92. The first kappa shape index (κ1) is 16.0. The predicted molar refractivity (Wildman–Crippen MR) is 65.1 cm³/mol. The Bertz CT molecular complexity index is 286. The van der Waals surface area contributed by atoms with E-state index in [4.69, 9.17) is 21.4 Å². The van der Waals surface area contributed by atoms with Gasteiger partial charge < -0.3 is 9.84 Å². The Morgan fingerprint density at radius 3 is 2.06 bits per heavy atom. The molecule has 17 heavy (non-hydrogen) atoms. The summed E-state index contributed by atoms with van der Waals surface area (Å²) in [7, 11) is 0. The van der Waals surface area contributed by atoms with Crippen LogP contribution < -0.4 is 0 Å². The highest BCUT2D eigenvalue weighted by Gasteiger charge is 2.34. The monoisotopic (exact) mass is 265 g/mol. The number of carboxylic acid groups (broad SMARTS) is 1. The van der Waals surface area contributed by atoms with E-state index >= 15 is 0 Å². The fraction of sp³-hybridized carbons (Fsp3) is 0.818. The van der Waals surface area contributed by atoms with Gasteiger partial charge in [-0.2, -0.15) is 0 Å². The number of hydrogen-bond donors (Lipinski definition) is 1. The van der Waals surface area contributed by atoms with Gasteiger partial charge in [-0.3, -0.25) is 4.90 Å². The SMILES string of the molecule is CC(C)[C@@H](C(=O)O)N(CCl)C(=O)OC(C)(C)C. The zero-order valence-corrected chi connectivity index (χ0v) is 11.6. The number of ether oxygens (including phenoxy) is 1. The molecule has 1 N–H and O–H groups in total. The van der Waals surface area contributed by atoms with Crippen molar-refractivity contribution in [1.82, 2.24) is 4.90 Å². The molecule has 0 saturated heterocycles. The number of amides is 1.